The van der Waals surface area contributed by atoms with Crippen molar-refractivity contribution in [3.8, 4) is 0 Å². The van der Waals surface area contributed by atoms with Gasteiger partial charge in [-0.2, -0.15) is 0 Å². The normalized spacial score (nSPS) is 20.9. The zero-order chi connectivity index (χ0) is 17.0. The summed E-state index contributed by atoms with van der Waals surface area (Å²) in [6.07, 6.45) is 0.699. The molecule has 2 rings (SSSR count). The van der Waals surface area contributed by atoms with E-state index in [0.29, 0.717) is 13.0 Å². The summed E-state index contributed by atoms with van der Waals surface area (Å²) in [5.74, 6) is -1.61. The fourth-order valence-corrected chi connectivity index (χ4v) is 3.28. The zero-order valence-electron chi connectivity index (χ0n) is 14.4. The molecule has 0 aliphatic carbocycles. The van der Waals surface area contributed by atoms with Gasteiger partial charge in [0.05, 0.1) is 0 Å². The van der Waals surface area contributed by atoms with Crippen LogP contribution in [0.5, 0.6) is 0 Å². The highest BCUT2D eigenvalue weighted by Crippen LogP contribution is 2.21. The summed E-state index contributed by atoms with van der Waals surface area (Å²) in [6, 6.07) is 4.33. The van der Waals surface area contributed by atoms with Crippen LogP contribution < -0.4 is 0 Å². The third-order valence-electron chi connectivity index (χ3n) is 4.22. The third kappa shape index (κ3) is 5.52. The van der Waals surface area contributed by atoms with E-state index in [1.807, 2.05) is 0 Å². The van der Waals surface area contributed by atoms with E-state index in [4.69, 9.17) is 0 Å². The van der Waals surface area contributed by atoms with Gasteiger partial charge in [0.15, 0.2) is 11.6 Å². The van der Waals surface area contributed by atoms with Crippen LogP contribution in [0.4, 0.5) is 8.78 Å². The minimum atomic E-state index is -0.810. The molecule has 1 aromatic carbocycles. The Bertz CT molecular complexity index is 516. The second-order valence-electron chi connectivity index (χ2n) is 7.68. The molecule has 0 aromatic heterocycles. The largest absolute Gasteiger partial charge is 0.396 e. The van der Waals surface area contributed by atoms with Crippen molar-refractivity contribution < 1.29 is 13.9 Å². The van der Waals surface area contributed by atoms with Crippen molar-refractivity contribution in [1.29, 1.82) is 0 Å². The molecule has 1 aromatic rings. The lowest BCUT2D eigenvalue weighted by Crippen LogP contribution is -2.54. The van der Waals surface area contributed by atoms with Gasteiger partial charge in [0.2, 0.25) is 0 Å². The Labute approximate surface area is 137 Å². The lowest BCUT2D eigenvalue weighted by atomic mass is 9.95. The molecule has 1 fully saturated rings. The van der Waals surface area contributed by atoms with Crippen LogP contribution in [0, 0.1) is 17.0 Å². The van der Waals surface area contributed by atoms with Crippen LogP contribution in [0.3, 0.4) is 0 Å². The number of rotatable bonds is 5. The Balaban J connectivity index is 2.02. The van der Waals surface area contributed by atoms with Gasteiger partial charge < -0.3 is 5.11 Å². The average molecular weight is 326 g/mol. The fraction of sp³-hybridized carbons (Fsp3) is 0.667. The van der Waals surface area contributed by atoms with E-state index < -0.39 is 11.6 Å². The van der Waals surface area contributed by atoms with Crippen molar-refractivity contribution in [2.24, 2.45) is 5.41 Å². The average Bonchev–Trinajstić information content (AvgIpc) is 2.44. The van der Waals surface area contributed by atoms with Gasteiger partial charge in [0.1, 0.15) is 0 Å². The number of aliphatic hydroxyl groups excluding tert-OH is 1. The lowest BCUT2D eigenvalue weighted by molar-refractivity contribution is 0.0381. The molecular weight excluding hydrogens is 298 g/mol. The Hall–Kier alpha value is -1.04. The molecule has 1 atom stereocenters. The summed E-state index contributed by atoms with van der Waals surface area (Å²) < 4.78 is 26.4. The second-order valence-corrected chi connectivity index (χ2v) is 7.68. The Kier molecular flexibility index (Phi) is 6.12. The molecule has 5 heteroatoms. The van der Waals surface area contributed by atoms with Gasteiger partial charge in [-0.25, -0.2) is 8.78 Å². The highest BCUT2D eigenvalue weighted by atomic mass is 19.2. The van der Waals surface area contributed by atoms with E-state index in [9.17, 15) is 13.9 Å². The van der Waals surface area contributed by atoms with Crippen molar-refractivity contribution in [1.82, 2.24) is 9.80 Å². The number of aliphatic hydroxyl groups is 1. The SMILES string of the molecule is CC(C)(C)CN1CCN(Cc2ccc(F)c(F)c2)C(CCO)C1. The van der Waals surface area contributed by atoms with Crippen molar-refractivity contribution in [3.05, 3.63) is 35.4 Å². The van der Waals surface area contributed by atoms with E-state index in [2.05, 4.69) is 30.6 Å². The van der Waals surface area contributed by atoms with Crippen molar-refractivity contribution in [2.45, 2.75) is 39.8 Å². The molecule has 1 unspecified atom stereocenters. The molecule has 0 amide bonds. The topological polar surface area (TPSA) is 26.7 Å². The lowest BCUT2D eigenvalue weighted by Gasteiger charge is -2.43. The molecule has 1 aliphatic heterocycles. The Morgan fingerprint density at radius 3 is 2.52 bits per heavy atom. The van der Waals surface area contributed by atoms with E-state index in [-0.39, 0.29) is 18.1 Å². The summed E-state index contributed by atoms with van der Waals surface area (Å²) in [6.45, 7) is 11.2. The molecule has 1 N–H and O–H groups in total. The predicted octanol–water partition coefficient (Wildman–Crippen LogP) is 2.88. The molecule has 0 radical (unpaired) electrons. The molecular formula is C18H28F2N2O. The van der Waals surface area contributed by atoms with Gasteiger partial charge in [0.25, 0.3) is 0 Å². The summed E-state index contributed by atoms with van der Waals surface area (Å²) in [5.41, 5.74) is 1.02. The van der Waals surface area contributed by atoms with Gasteiger partial charge in [0, 0.05) is 45.4 Å². The summed E-state index contributed by atoms with van der Waals surface area (Å²) in [5, 5.41) is 9.35. The molecule has 23 heavy (non-hydrogen) atoms. The molecule has 1 saturated heterocycles. The first-order valence-corrected chi connectivity index (χ1v) is 8.30. The zero-order valence-corrected chi connectivity index (χ0v) is 14.4. The summed E-state index contributed by atoms with van der Waals surface area (Å²) >= 11 is 0. The molecule has 3 nitrogen and oxygen atoms in total. The molecule has 0 spiro atoms. The number of nitrogens with zero attached hydrogens (tertiary/aromatic N) is 2. The summed E-state index contributed by atoms with van der Waals surface area (Å²) in [7, 11) is 0. The number of halogens is 2. The predicted molar refractivity (Wildman–Crippen MR) is 88.2 cm³/mol. The first-order chi connectivity index (χ1) is 10.8. The maximum Gasteiger partial charge on any atom is 0.159 e. The summed E-state index contributed by atoms with van der Waals surface area (Å²) in [4.78, 5) is 4.70. The van der Waals surface area contributed by atoms with Crippen LogP contribution in [0.1, 0.15) is 32.8 Å². The Morgan fingerprint density at radius 2 is 1.91 bits per heavy atom. The minimum Gasteiger partial charge on any atom is -0.396 e. The van der Waals surface area contributed by atoms with E-state index >= 15 is 0 Å². The molecule has 1 aliphatic rings. The maximum absolute atomic E-state index is 13.4. The van der Waals surface area contributed by atoms with Crippen molar-refractivity contribution >= 4 is 0 Å². The second kappa shape index (κ2) is 7.69. The van der Waals surface area contributed by atoms with Gasteiger partial charge in [-0.1, -0.05) is 26.8 Å². The highest BCUT2D eigenvalue weighted by Gasteiger charge is 2.28. The van der Waals surface area contributed by atoms with Crippen LogP contribution >= 0.6 is 0 Å². The molecule has 130 valence electrons. The quantitative estimate of drug-likeness (QED) is 0.901. The molecule has 0 saturated carbocycles. The monoisotopic (exact) mass is 326 g/mol. The van der Waals surface area contributed by atoms with Crippen LogP contribution in [0.25, 0.3) is 0 Å². The van der Waals surface area contributed by atoms with Crippen LogP contribution in [0.15, 0.2) is 18.2 Å². The first kappa shape index (κ1) is 18.3. The van der Waals surface area contributed by atoms with Crippen molar-refractivity contribution in [3.63, 3.8) is 0 Å². The smallest absolute Gasteiger partial charge is 0.159 e. The molecule has 1 heterocycles. The van der Waals surface area contributed by atoms with Gasteiger partial charge in [-0.05, 0) is 29.5 Å². The van der Waals surface area contributed by atoms with E-state index in [0.717, 1.165) is 31.7 Å². The number of piperazine rings is 1. The van der Waals surface area contributed by atoms with Crippen LogP contribution in [-0.2, 0) is 6.54 Å². The van der Waals surface area contributed by atoms with Gasteiger partial charge >= 0.3 is 0 Å². The first-order valence-electron chi connectivity index (χ1n) is 8.30. The van der Waals surface area contributed by atoms with Gasteiger partial charge in [-0.3, -0.25) is 9.80 Å². The van der Waals surface area contributed by atoms with E-state index in [1.165, 1.54) is 12.1 Å². The number of benzene rings is 1. The minimum absolute atomic E-state index is 0.141. The van der Waals surface area contributed by atoms with Crippen LogP contribution in [-0.4, -0.2) is 53.7 Å². The van der Waals surface area contributed by atoms with Gasteiger partial charge in [-0.15, -0.1) is 0 Å². The van der Waals surface area contributed by atoms with Crippen LogP contribution in [0.2, 0.25) is 0 Å². The standard InChI is InChI=1S/C18H28F2N2O/c1-18(2,3)13-21-7-8-22(15(12-21)6-9-23)11-14-4-5-16(19)17(20)10-14/h4-5,10,15,23H,6-9,11-13H2,1-3H3. The number of hydrogen-bond acceptors (Lipinski definition) is 3. The van der Waals surface area contributed by atoms with Crippen molar-refractivity contribution in [2.75, 3.05) is 32.8 Å². The number of hydrogen-bond donors (Lipinski definition) is 1. The highest BCUT2D eigenvalue weighted by molar-refractivity contribution is 5.18. The Morgan fingerprint density at radius 1 is 1.17 bits per heavy atom. The molecule has 0 bridgehead atoms. The fourth-order valence-electron chi connectivity index (χ4n) is 3.28. The third-order valence-corrected chi connectivity index (χ3v) is 4.22. The maximum atomic E-state index is 13.4. The van der Waals surface area contributed by atoms with E-state index in [1.54, 1.807) is 6.07 Å².